The molecule has 2 rings (SSSR count). The second-order valence-electron chi connectivity index (χ2n) is 5.54. The molecular formula is C15H21N3O3. The van der Waals surface area contributed by atoms with Crippen molar-refractivity contribution in [3.63, 3.8) is 0 Å². The molecule has 0 aliphatic carbocycles. The number of amides is 1. The van der Waals surface area contributed by atoms with Crippen molar-refractivity contribution in [2.75, 3.05) is 23.3 Å². The minimum atomic E-state index is -0.979. The first-order chi connectivity index (χ1) is 10.0. The van der Waals surface area contributed by atoms with Gasteiger partial charge in [-0.1, -0.05) is 6.92 Å². The van der Waals surface area contributed by atoms with Crippen molar-refractivity contribution in [1.82, 2.24) is 4.98 Å². The van der Waals surface area contributed by atoms with E-state index in [0.29, 0.717) is 11.7 Å². The number of carbonyl (C=O) groups is 2. The van der Waals surface area contributed by atoms with Gasteiger partial charge in [0.05, 0.1) is 18.3 Å². The molecule has 0 spiro atoms. The van der Waals surface area contributed by atoms with E-state index in [9.17, 15) is 9.59 Å². The predicted octanol–water partition coefficient (Wildman–Crippen LogP) is 2.12. The lowest BCUT2D eigenvalue weighted by Gasteiger charge is -2.32. The van der Waals surface area contributed by atoms with Gasteiger partial charge in [0.25, 0.3) is 0 Å². The topological polar surface area (TPSA) is 82.5 Å². The number of aromatic nitrogens is 1. The zero-order valence-electron chi connectivity index (χ0n) is 12.2. The van der Waals surface area contributed by atoms with E-state index in [1.165, 1.54) is 12.8 Å². The average Bonchev–Trinajstić information content (AvgIpc) is 2.46. The van der Waals surface area contributed by atoms with E-state index in [2.05, 4.69) is 22.1 Å². The average molecular weight is 291 g/mol. The van der Waals surface area contributed by atoms with Crippen molar-refractivity contribution < 1.29 is 14.7 Å². The van der Waals surface area contributed by atoms with Crippen LogP contribution >= 0.6 is 0 Å². The second-order valence-corrected chi connectivity index (χ2v) is 5.54. The molecule has 0 aromatic carbocycles. The summed E-state index contributed by atoms with van der Waals surface area (Å²) in [6.07, 6.45) is 4.00. The molecule has 6 heteroatoms. The number of rotatable bonds is 5. The van der Waals surface area contributed by atoms with E-state index in [0.717, 1.165) is 18.8 Å². The number of anilines is 2. The summed E-state index contributed by atoms with van der Waals surface area (Å²) in [5.74, 6) is -0.162. The first-order valence-corrected chi connectivity index (χ1v) is 7.27. The SMILES string of the molecule is CC1CCCN(c2ccc(NC(=O)CCC(=O)O)nc2)C1. The molecule has 0 bridgehead atoms. The summed E-state index contributed by atoms with van der Waals surface area (Å²) in [4.78, 5) is 28.5. The molecule has 1 aliphatic heterocycles. The largest absolute Gasteiger partial charge is 0.481 e. The van der Waals surface area contributed by atoms with Crippen LogP contribution in [0.15, 0.2) is 18.3 Å². The Labute approximate surface area is 124 Å². The van der Waals surface area contributed by atoms with Crippen LogP contribution in [-0.2, 0) is 9.59 Å². The third kappa shape index (κ3) is 4.73. The summed E-state index contributed by atoms with van der Waals surface area (Å²) < 4.78 is 0. The fraction of sp³-hybridized carbons (Fsp3) is 0.533. The van der Waals surface area contributed by atoms with Crippen molar-refractivity contribution in [2.45, 2.75) is 32.6 Å². The summed E-state index contributed by atoms with van der Waals surface area (Å²) >= 11 is 0. The number of aliphatic carboxylic acids is 1. The lowest BCUT2D eigenvalue weighted by atomic mass is 10.00. The lowest BCUT2D eigenvalue weighted by molar-refractivity contribution is -0.138. The van der Waals surface area contributed by atoms with Crippen LogP contribution in [0.25, 0.3) is 0 Å². The van der Waals surface area contributed by atoms with Gasteiger partial charge in [-0.25, -0.2) is 4.98 Å². The van der Waals surface area contributed by atoms with Crippen LogP contribution in [0, 0.1) is 5.92 Å². The van der Waals surface area contributed by atoms with Gasteiger partial charge < -0.3 is 15.3 Å². The van der Waals surface area contributed by atoms with Gasteiger partial charge in [0.2, 0.25) is 5.91 Å². The Morgan fingerprint density at radius 1 is 1.43 bits per heavy atom. The summed E-state index contributed by atoms with van der Waals surface area (Å²) in [6, 6.07) is 3.70. The van der Waals surface area contributed by atoms with Gasteiger partial charge in [-0.15, -0.1) is 0 Å². The molecule has 2 N–H and O–H groups in total. The van der Waals surface area contributed by atoms with E-state index >= 15 is 0 Å². The van der Waals surface area contributed by atoms with E-state index in [4.69, 9.17) is 5.11 Å². The normalized spacial score (nSPS) is 18.3. The van der Waals surface area contributed by atoms with Gasteiger partial charge >= 0.3 is 5.97 Å². The monoisotopic (exact) mass is 291 g/mol. The molecule has 1 saturated heterocycles. The van der Waals surface area contributed by atoms with Crippen LogP contribution in [0.3, 0.4) is 0 Å². The first-order valence-electron chi connectivity index (χ1n) is 7.27. The Kier molecular flexibility index (Phi) is 5.14. The number of hydrogen-bond acceptors (Lipinski definition) is 4. The summed E-state index contributed by atoms with van der Waals surface area (Å²) in [7, 11) is 0. The zero-order valence-corrected chi connectivity index (χ0v) is 12.2. The number of piperidine rings is 1. The number of carbonyl (C=O) groups excluding carboxylic acids is 1. The van der Waals surface area contributed by atoms with Crippen LogP contribution in [0.2, 0.25) is 0 Å². The van der Waals surface area contributed by atoms with Gasteiger partial charge in [0.1, 0.15) is 5.82 Å². The molecule has 21 heavy (non-hydrogen) atoms. The number of hydrogen-bond donors (Lipinski definition) is 2. The molecule has 1 fully saturated rings. The standard InChI is InChI=1S/C15H21N3O3/c1-11-3-2-8-18(10-11)12-4-5-13(16-9-12)17-14(19)6-7-15(20)21/h4-5,9,11H,2-3,6-8,10H2,1H3,(H,20,21)(H,16,17,19). The van der Waals surface area contributed by atoms with Crippen LogP contribution in [0.4, 0.5) is 11.5 Å². The van der Waals surface area contributed by atoms with Crippen LogP contribution < -0.4 is 10.2 Å². The minimum absolute atomic E-state index is 0.0393. The Morgan fingerprint density at radius 2 is 2.24 bits per heavy atom. The fourth-order valence-corrected chi connectivity index (χ4v) is 2.50. The maximum absolute atomic E-state index is 11.5. The fourth-order valence-electron chi connectivity index (χ4n) is 2.50. The summed E-state index contributed by atoms with van der Waals surface area (Å²) in [5, 5.41) is 11.1. The molecule has 0 radical (unpaired) electrons. The predicted molar refractivity (Wildman–Crippen MR) is 80.3 cm³/mol. The number of carboxylic acid groups (broad SMARTS) is 1. The highest BCUT2D eigenvalue weighted by molar-refractivity contribution is 5.91. The Morgan fingerprint density at radius 3 is 2.86 bits per heavy atom. The van der Waals surface area contributed by atoms with Gasteiger partial charge in [-0.3, -0.25) is 9.59 Å². The Hall–Kier alpha value is -2.11. The van der Waals surface area contributed by atoms with Gasteiger partial charge in [-0.2, -0.15) is 0 Å². The molecule has 1 aliphatic rings. The van der Waals surface area contributed by atoms with Crippen molar-refractivity contribution in [3.8, 4) is 0 Å². The number of pyridine rings is 1. The zero-order chi connectivity index (χ0) is 15.2. The summed E-state index contributed by atoms with van der Waals surface area (Å²) in [6.45, 7) is 4.32. The Balaban J connectivity index is 1.89. The number of nitrogens with zero attached hydrogens (tertiary/aromatic N) is 2. The van der Waals surface area contributed by atoms with Crippen LogP contribution in [0.1, 0.15) is 32.6 Å². The molecule has 1 atom stereocenters. The first kappa shape index (κ1) is 15.3. The Bertz CT molecular complexity index is 501. The molecule has 1 aromatic rings. The molecular weight excluding hydrogens is 270 g/mol. The van der Waals surface area contributed by atoms with Gasteiger partial charge in [0, 0.05) is 19.5 Å². The lowest BCUT2D eigenvalue weighted by Crippen LogP contribution is -2.34. The maximum atomic E-state index is 11.5. The molecule has 1 unspecified atom stereocenters. The van der Waals surface area contributed by atoms with E-state index in [1.807, 2.05) is 6.07 Å². The third-order valence-corrected chi connectivity index (χ3v) is 3.60. The number of nitrogens with one attached hydrogen (secondary N) is 1. The molecule has 0 saturated carbocycles. The summed E-state index contributed by atoms with van der Waals surface area (Å²) in [5.41, 5.74) is 1.06. The van der Waals surface area contributed by atoms with Gasteiger partial charge in [0.15, 0.2) is 0 Å². The highest BCUT2D eigenvalue weighted by atomic mass is 16.4. The quantitative estimate of drug-likeness (QED) is 0.868. The maximum Gasteiger partial charge on any atom is 0.303 e. The van der Waals surface area contributed by atoms with E-state index in [1.54, 1.807) is 12.3 Å². The third-order valence-electron chi connectivity index (χ3n) is 3.60. The van der Waals surface area contributed by atoms with Crippen LogP contribution in [-0.4, -0.2) is 35.1 Å². The van der Waals surface area contributed by atoms with E-state index in [-0.39, 0.29) is 18.7 Å². The number of carboxylic acids is 1. The molecule has 114 valence electrons. The van der Waals surface area contributed by atoms with Crippen LogP contribution in [0.5, 0.6) is 0 Å². The highest BCUT2D eigenvalue weighted by Gasteiger charge is 2.16. The van der Waals surface area contributed by atoms with E-state index < -0.39 is 5.97 Å². The second kappa shape index (κ2) is 7.06. The van der Waals surface area contributed by atoms with Crippen molar-refractivity contribution in [1.29, 1.82) is 0 Å². The molecule has 6 nitrogen and oxygen atoms in total. The highest BCUT2D eigenvalue weighted by Crippen LogP contribution is 2.22. The molecule has 2 heterocycles. The molecule has 1 aromatic heterocycles. The van der Waals surface area contributed by atoms with Crippen molar-refractivity contribution in [2.24, 2.45) is 5.92 Å². The van der Waals surface area contributed by atoms with Crippen molar-refractivity contribution >= 4 is 23.4 Å². The van der Waals surface area contributed by atoms with Crippen molar-refractivity contribution in [3.05, 3.63) is 18.3 Å². The smallest absolute Gasteiger partial charge is 0.303 e. The minimum Gasteiger partial charge on any atom is -0.481 e. The molecule has 1 amide bonds. The van der Waals surface area contributed by atoms with Gasteiger partial charge in [-0.05, 0) is 30.9 Å².